The normalized spacial score (nSPS) is 16.1. The third-order valence-electron chi connectivity index (χ3n) is 3.43. The van der Waals surface area contributed by atoms with Gasteiger partial charge in [0.05, 0.1) is 18.0 Å². The average Bonchev–Trinajstić information content (AvgIpc) is 2.94. The fourth-order valence-corrected chi connectivity index (χ4v) is 3.77. The lowest BCUT2D eigenvalue weighted by molar-refractivity contribution is 0.281. The molecule has 0 bridgehead atoms. The molecule has 0 saturated heterocycles. The van der Waals surface area contributed by atoms with Crippen molar-refractivity contribution in [1.29, 1.82) is 0 Å². The molecule has 1 aromatic carbocycles. The maximum Gasteiger partial charge on any atom is 0.243 e. The number of hydrogen-bond acceptors (Lipinski definition) is 4. The molecule has 2 aromatic rings. The number of nitrogens with zero attached hydrogens (tertiary/aromatic N) is 3. The molecule has 1 N–H and O–H groups in total. The number of sulfonamides is 1. The summed E-state index contributed by atoms with van der Waals surface area (Å²) in [6.45, 7) is 1.13. The molecule has 0 spiro atoms. The minimum atomic E-state index is -3.55. The fraction of sp³-hybridized carbons (Fsp3) is 0.308. The topological polar surface area (TPSA) is 75.4 Å². The van der Waals surface area contributed by atoms with Gasteiger partial charge >= 0.3 is 0 Å². The highest BCUT2D eigenvalue weighted by Gasteiger charge is 2.28. The maximum absolute atomic E-state index is 12.6. The molecule has 2 heterocycles. The molecular weight excluding hydrogens is 278 g/mol. The Hall–Kier alpha value is -1.70. The Balaban J connectivity index is 1.93. The summed E-state index contributed by atoms with van der Waals surface area (Å²) in [6.07, 6.45) is 3.53. The summed E-state index contributed by atoms with van der Waals surface area (Å²) in [7, 11) is -3.55. The number of aromatic nitrogens is 2. The summed E-state index contributed by atoms with van der Waals surface area (Å²) in [5.74, 6) is 0.748. The predicted molar refractivity (Wildman–Crippen MR) is 72.2 cm³/mol. The summed E-state index contributed by atoms with van der Waals surface area (Å²) in [5.41, 5.74) is 0.588. The zero-order valence-corrected chi connectivity index (χ0v) is 11.6. The molecule has 0 fully saturated rings. The summed E-state index contributed by atoms with van der Waals surface area (Å²) < 4.78 is 28.6. The van der Waals surface area contributed by atoms with Crippen LogP contribution >= 0.6 is 0 Å². The molecule has 1 aliphatic rings. The van der Waals surface area contributed by atoms with Gasteiger partial charge in [0.2, 0.25) is 10.0 Å². The van der Waals surface area contributed by atoms with Crippen LogP contribution in [0.4, 0.5) is 0 Å². The van der Waals surface area contributed by atoms with Gasteiger partial charge in [-0.05, 0) is 17.7 Å². The van der Waals surface area contributed by atoms with Gasteiger partial charge in [-0.1, -0.05) is 12.1 Å². The Kier molecular flexibility index (Phi) is 3.33. The van der Waals surface area contributed by atoms with Crippen LogP contribution in [0.5, 0.6) is 0 Å². The van der Waals surface area contributed by atoms with Crippen LogP contribution in [-0.4, -0.2) is 33.9 Å². The van der Waals surface area contributed by atoms with Crippen molar-refractivity contribution in [3.05, 3.63) is 48.0 Å². The van der Waals surface area contributed by atoms with Gasteiger partial charge in [-0.25, -0.2) is 13.4 Å². The van der Waals surface area contributed by atoms with E-state index in [1.54, 1.807) is 24.4 Å². The van der Waals surface area contributed by atoms with Crippen LogP contribution in [0.25, 0.3) is 0 Å². The van der Waals surface area contributed by atoms with Crippen LogP contribution in [0, 0.1) is 0 Å². The van der Waals surface area contributed by atoms with Gasteiger partial charge in [0, 0.05) is 25.5 Å². The second-order valence-corrected chi connectivity index (χ2v) is 6.62. The molecule has 20 heavy (non-hydrogen) atoms. The van der Waals surface area contributed by atoms with E-state index in [-0.39, 0.29) is 18.0 Å². The van der Waals surface area contributed by atoms with Crippen LogP contribution in [0.3, 0.4) is 0 Å². The minimum Gasteiger partial charge on any atom is -0.392 e. The molecule has 106 valence electrons. The van der Waals surface area contributed by atoms with Crippen molar-refractivity contribution >= 4 is 10.0 Å². The number of rotatable bonds is 3. The molecule has 0 radical (unpaired) electrons. The first-order valence-corrected chi connectivity index (χ1v) is 7.75. The highest BCUT2D eigenvalue weighted by atomic mass is 32.2. The largest absolute Gasteiger partial charge is 0.392 e. The monoisotopic (exact) mass is 293 g/mol. The first-order chi connectivity index (χ1) is 9.61. The van der Waals surface area contributed by atoms with Crippen LogP contribution < -0.4 is 0 Å². The molecule has 1 aromatic heterocycles. The number of imidazole rings is 1. The van der Waals surface area contributed by atoms with Crippen LogP contribution in [0.2, 0.25) is 0 Å². The average molecular weight is 293 g/mol. The van der Waals surface area contributed by atoms with Crippen LogP contribution in [0.1, 0.15) is 11.4 Å². The van der Waals surface area contributed by atoms with E-state index in [9.17, 15) is 8.42 Å². The van der Waals surface area contributed by atoms with Crippen molar-refractivity contribution in [3.63, 3.8) is 0 Å². The molecule has 7 heteroatoms. The molecule has 6 nitrogen and oxygen atoms in total. The Bertz CT molecular complexity index is 724. The lowest BCUT2D eigenvalue weighted by atomic mass is 10.2. The summed E-state index contributed by atoms with van der Waals surface area (Å²) in [5, 5.41) is 9.12. The Labute approximate surface area is 117 Å². The summed E-state index contributed by atoms with van der Waals surface area (Å²) in [4.78, 5) is 4.38. The van der Waals surface area contributed by atoms with E-state index in [1.165, 1.54) is 10.4 Å². The predicted octanol–water partition coefficient (Wildman–Crippen LogP) is 0.580. The van der Waals surface area contributed by atoms with E-state index >= 15 is 0 Å². The third-order valence-corrected chi connectivity index (χ3v) is 5.27. The van der Waals surface area contributed by atoms with Crippen molar-refractivity contribution in [2.75, 3.05) is 6.54 Å². The van der Waals surface area contributed by atoms with Gasteiger partial charge in [0.1, 0.15) is 5.82 Å². The molecule has 0 unspecified atom stereocenters. The minimum absolute atomic E-state index is 0.173. The van der Waals surface area contributed by atoms with Crippen molar-refractivity contribution < 1.29 is 13.5 Å². The number of aliphatic hydroxyl groups excluding tert-OH is 1. The SMILES string of the molecule is O=S(=O)(c1cccc(CO)c1)N1CCn2ccnc2C1. The van der Waals surface area contributed by atoms with Gasteiger partial charge in [-0.2, -0.15) is 4.31 Å². The first kappa shape index (κ1) is 13.3. The number of fused-ring (bicyclic) bond motifs is 1. The molecule has 0 atom stereocenters. The number of hydrogen-bond donors (Lipinski definition) is 1. The molecule has 0 aliphatic carbocycles. The van der Waals surface area contributed by atoms with E-state index in [2.05, 4.69) is 4.98 Å². The van der Waals surface area contributed by atoms with Crippen molar-refractivity contribution in [3.8, 4) is 0 Å². The number of benzene rings is 1. The van der Waals surface area contributed by atoms with Gasteiger partial charge < -0.3 is 9.67 Å². The van der Waals surface area contributed by atoms with Gasteiger partial charge in [-0.15, -0.1) is 0 Å². The zero-order valence-electron chi connectivity index (χ0n) is 10.8. The van der Waals surface area contributed by atoms with Crippen LogP contribution in [-0.2, 0) is 29.7 Å². The third kappa shape index (κ3) is 2.24. The molecule has 3 rings (SSSR count). The van der Waals surface area contributed by atoms with Crippen molar-refractivity contribution in [2.24, 2.45) is 0 Å². The van der Waals surface area contributed by atoms with Crippen molar-refractivity contribution in [1.82, 2.24) is 13.9 Å². The van der Waals surface area contributed by atoms with E-state index in [4.69, 9.17) is 5.11 Å². The van der Waals surface area contributed by atoms with Crippen molar-refractivity contribution in [2.45, 2.75) is 24.6 Å². The first-order valence-electron chi connectivity index (χ1n) is 6.31. The summed E-state index contributed by atoms with van der Waals surface area (Å²) in [6, 6.07) is 6.40. The smallest absolute Gasteiger partial charge is 0.243 e. The van der Waals surface area contributed by atoms with E-state index < -0.39 is 10.0 Å². The fourth-order valence-electron chi connectivity index (χ4n) is 2.31. The second kappa shape index (κ2) is 5.01. The van der Waals surface area contributed by atoms with Gasteiger partial charge in [0.25, 0.3) is 0 Å². The standard InChI is InChI=1S/C13H15N3O3S/c17-10-11-2-1-3-12(8-11)20(18,19)16-7-6-15-5-4-14-13(15)9-16/h1-5,8,17H,6-7,9-10H2. The second-order valence-electron chi connectivity index (χ2n) is 4.68. The Morgan fingerprint density at radius 3 is 2.95 bits per heavy atom. The van der Waals surface area contributed by atoms with Gasteiger partial charge in [-0.3, -0.25) is 0 Å². The molecular formula is C13H15N3O3S. The zero-order chi connectivity index (χ0) is 14.2. The van der Waals surface area contributed by atoms with E-state index in [1.807, 2.05) is 10.8 Å². The lowest BCUT2D eigenvalue weighted by Gasteiger charge is -2.27. The van der Waals surface area contributed by atoms with Gasteiger partial charge in [0.15, 0.2) is 0 Å². The number of aliphatic hydroxyl groups is 1. The van der Waals surface area contributed by atoms with Crippen LogP contribution in [0.15, 0.2) is 41.6 Å². The Morgan fingerprint density at radius 2 is 2.15 bits per heavy atom. The van der Waals surface area contributed by atoms with E-state index in [0.717, 1.165) is 5.82 Å². The maximum atomic E-state index is 12.6. The quantitative estimate of drug-likeness (QED) is 0.898. The highest BCUT2D eigenvalue weighted by Crippen LogP contribution is 2.21. The molecule has 1 aliphatic heterocycles. The summed E-state index contributed by atoms with van der Waals surface area (Å²) >= 11 is 0. The molecule has 0 saturated carbocycles. The lowest BCUT2D eigenvalue weighted by Crippen LogP contribution is -2.38. The Morgan fingerprint density at radius 1 is 1.30 bits per heavy atom. The van der Waals surface area contributed by atoms with E-state index in [0.29, 0.717) is 18.7 Å². The molecule has 0 amide bonds. The highest BCUT2D eigenvalue weighted by molar-refractivity contribution is 7.89.